The number of hydrogen-bond donors (Lipinski definition) is 2. The highest BCUT2D eigenvalue weighted by Gasteiger charge is 2.32. The summed E-state index contributed by atoms with van der Waals surface area (Å²) in [4.78, 5) is 15.8. The van der Waals surface area contributed by atoms with Gasteiger partial charge in [0.15, 0.2) is 0 Å². The molecule has 0 aromatic heterocycles. The summed E-state index contributed by atoms with van der Waals surface area (Å²) in [6.07, 6.45) is 1.09. The minimum absolute atomic E-state index is 0.00349. The predicted octanol–water partition coefficient (Wildman–Crippen LogP) is 4.75. The Balaban J connectivity index is 1.66. The van der Waals surface area contributed by atoms with E-state index in [0.717, 1.165) is 30.7 Å². The molecule has 1 heterocycles. The van der Waals surface area contributed by atoms with Crippen LogP contribution in [-0.4, -0.2) is 95.8 Å². The van der Waals surface area contributed by atoms with Crippen molar-refractivity contribution in [2.24, 2.45) is 5.92 Å². The molecule has 15 heteroatoms. The van der Waals surface area contributed by atoms with Crippen molar-refractivity contribution in [3.8, 4) is 11.5 Å². The molecule has 3 aromatic carbocycles. The van der Waals surface area contributed by atoms with Crippen LogP contribution in [0.15, 0.2) is 76.5 Å². The molecule has 0 saturated carbocycles. The summed E-state index contributed by atoms with van der Waals surface area (Å²) in [6, 6.07) is 14.1. The molecule has 50 heavy (non-hydrogen) atoms. The second-order valence-corrected chi connectivity index (χ2v) is 16.3. The van der Waals surface area contributed by atoms with Gasteiger partial charge in [0, 0.05) is 38.3 Å². The zero-order valence-electron chi connectivity index (χ0n) is 28.9. The van der Waals surface area contributed by atoms with Crippen LogP contribution in [0.2, 0.25) is 0 Å². The van der Waals surface area contributed by atoms with Crippen molar-refractivity contribution in [1.82, 2.24) is 9.21 Å². The van der Waals surface area contributed by atoms with Gasteiger partial charge in [-0.2, -0.15) is 4.31 Å². The summed E-state index contributed by atoms with van der Waals surface area (Å²) in [6.45, 7) is 5.44. The molecule has 0 fully saturated rings. The first-order chi connectivity index (χ1) is 23.7. The van der Waals surface area contributed by atoms with Gasteiger partial charge in [-0.1, -0.05) is 6.92 Å². The van der Waals surface area contributed by atoms with Gasteiger partial charge < -0.3 is 24.2 Å². The Kier molecular flexibility index (Phi) is 13.2. The van der Waals surface area contributed by atoms with Crippen molar-refractivity contribution < 1.29 is 45.3 Å². The molecule has 1 aliphatic rings. The van der Waals surface area contributed by atoms with Gasteiger partial charge in [0.25, 0.3) is 15.9 Å². The van der Waals surface area contributed by atoms with Crippen molar-refractivity contribution in [3.05, 3.63) is 78.1 Å². The maximum atomic E-state index is 14.4. The van der Waals surface area contributed by atoms with E-state index in [1.807, 2.05) is 13.8 Å². The molecule has 0 aliphatic carbocycles. The monoisotopic (exact) mass is 735 g/mol. The quantitative estimate of drug-likeness (QED) is 0.301. The normalized spacial score (nSPS) is 20.4. The van der Waals surface area contributed by atoms with Gasteiger partial charge in [0.2, 0.25) is 10.0 Å². The minimum Gasteiger partial charge on any atom is -0.497 e. The van der Waals surface area contributed by atoms with Crippen LogP contribution in [0.5, 0.6) is 11.5 Å². The van der Waals surface area contributed by atoms with E-state index in [1.54, 1.807) is 19.1 Å². The molecule has 3 aromatic rings. The fourth-order valence-electron chi connectivity index (χ4n) is 5.56. The first-order valence-electron chi connectivity index (χ1n) is 16.4. The average molecular weight is 736 g/mol. The second kappa shape index (κ2) is 17.0. The van der Waals surface area contributed by atoms with E-state index in [-0.39, 0.29) is 52.6 Å². The number of methoxy groups -OCH3 is 1. The highest BCUT2D eigenvalue weighted by molar-refractivity contribution is 7.92. The van der Waals surface area contributed by atoms with Gasteiger partial charge in [-0.05, 0) is 99.8 Å². The van der Waals surface area contributed by atoms with Crippen LogP contribution in [0, 0.1) is 11.7 Å². The number of nitrogens with one attached hydrogen (secondary N) is 1. The number of ether oxygens (including phenoxy) is 3. The zero-order valence-corrected chi connectivity index (χ0v) is 30.5. The summed E-state index contributed by atoms with van der Waals surface area (Å²) in [5.41, 5.74) is 0.146. The summed E-state index contributed by atoms with van der Waals surface area (Å²) in [7, 11) is -5.05. The number of amides is 1. The molecular weight excluding hydrogens is 690 g/mol. The Hall–Kier alpha value is -3.76. The topological polar surface area (TPSA) is 152 Å². The number of aliphatic hydroxyl groups is 1. The van der Waals surface area contributed by atoms with E-state index in [4.69, 9.17) is 14.2 Å². The lowest BCUT2D eigenvalue weighted by atomic mass is 10.0. The number of rotatable bonds is 10. The van der Waals surface area contributed by atoms with Crippen LogP contribution in [0.4, 0.5) is 10.1 Å². The van der Waals surface area contributed by atoms with E-state index in [9.17, 15) is 31.1 Å². The van der Waals surface area contributed by atoms with Gasteiger partial charge in [0.1, 0.15) is 17.3 Å². The maximum absolute atomic E-state index is 14.4. The lowest BCUT2D eigenvalue weighted by Crippen LogP contribution is -2.48. The van der Waals surface area contributed by atoms with Gasteiger partial charge in [-0.15, -0.1) is 0 Å². The molecule has 0 bridgehead atoms. The molecule has 4 rings (SSSR count). The summed E-state index contributed by atoms with van der Waals surface area (Å²) in [5.74, 6) is -0.759. The largest absolute Gasteiger partial charge is 0.497 e. The highest BCUT2D eigenvalue weighted by atomic mass is 32.2. The van der Waals surface area contributed by atoms with Crippen LogP contribution in [0.25, 0.3) is 0 Å². The van der Waals surface area contributed by atoms with E-state index in [0.29, 0.717) is 25.2 Å². The van der Waals surface area contributed by atoms with Crippen molar-refractivity contribution in [1.29, 1.82) is 0 Å². The number of halogens is 1. The van der Waals surface area contributed by atoms with Crippen LogP contribution < -0.4 is 14.2 Å². The predicted molar refractivity (Wildman–Crippen MR) is 187 cm³/mol. The molecule has 2 N–H and O–H groups in total. The lowest BCUT2D eigenvalue weighted by Gasteiger charge is -2.35. The van der Waals surface area contributed by atoms with Gasteiger partial charge >= 0.3 is 0 Å². The van der Waals surface area contributed by atoms with Crippen molar-refractivity contribution >= 4 is 31.6 Å². The number of aliphatic hydroxyl groups excluding tert-OH is 1. The molecule has 0 unspecified atom stereocenters. The van der Waals surface area contributed by atoms with Crippen LogP contribution in [0.3, 0.4) is 0 Å². The minimum atomic E-state index is -4.13. The smallest absolute Gasteiger partial charge is 0.261 e. The number of nitrogens with zero attached hydrogens (tertiary/aromatic N) is 2. The van der Waals surface area contributed by atoms with E-state index < -0.39 is 49.8 Å². The van der Waals surface area contributed by atoms with Crippen molar-refractivity contribution in [2.75, 3.05) is 45.2 Å². The average Bonchev–Trinajstić information content (AvgIpc) is 3.09. The Morgan fingerprint density at radius 1 is 1.02 bits per heavy atom. The summed E-state index contributed by atoms with van der Waals surface area (Å²) < 4.78 is 88.0. The SMILES string of the molecule is COc1ccc(S(=O)(=O)N(C)C[C@@H]2OCCCC[C@@H](C)Oc3ccc(NS(=O)(=O)c4ccc(F)cc4)cc3C(=O)N([C@H](C)CO)C[C@H]2C)cc1. The zero-order chi connectivity index (χ0) is 36.6. The van der Waals surface area contributed by atoms with Crippen molar-refractivity contribution in [2.45, 2.75) is 68.1 Å². The third-order valence-electron chi connectivity index (χ3n) is 8.63. The Bertz CT molecular complexity index is 1810. The second-order valence-electron chi connectivity index (χ2n) is 12.5. The van der Waals surface area contributed by atoms with E-state index in [1.165, 1.54) is 53.7 Å². The molecule has 1 amide bonds. The molecule has 0 spiro atoms. The fraction of sp³-hybridized carbons (Fsp3) is 0.457. The number of likely N-dealkylation sites (N-methyl/N-ethyl adjacent to an activating group) is 1. The van der Waals surface area contributed by atoms with Crippen LogP contribution in [0.1, 0.15) is 50.4 Å². The number of benzene rings is 3. The molecule has 12 nitrogen and oxygen atoms in total. The molecule has 274 valence electrons. The Labute approximate surface area is 294 Å². The maximum Gasteiger partial charge on any atom is 0.261 e. The number of carbonyl (C=O) groups is 1. The van der Waals surface area contributed by atoms with Crippen molar-refractivity contribution in [3.63, 3.8) is 0 Å². The summed E-state index contributed by atoms with van der Waals surface area (Å²) in [5, 5.41) is 10.2. The van der Waals surface area contributed by atoms with Gasteiger partial charge in [0.05, 0.1) is 47.3 Å². The first-order valence-corrected chi connectivity index (χ1v) is 19.3. The number of carbonyl (C=O) groups excluding carboxylic acids is 1. The third kappa shape index (κ3) is 9.72. The molecule has 1 aliphatic heterocycles. The molecule has 4 atom stereocenters. The Morgan fingerprint density at radius 2 is 1.68 bits per heavy atom. The van der Waals surface area contributed by atoms with Gasteiger partial charge in [-0.3, -0.25) is 9.52 Å². The first kappa shape index (κ1) is 39.0. The lowest BCUT2D eigenvalue weighted by molar-refractivity contribution is -0.00834. The fourth-order valence-corrected chi connectivity index (χ4v) is 7.79. The number of hydrogen-bond acceptors (Lipinski definition) is 9. The Morgan fingerprint density at radius 3 is 2.32 bits per heavy atom. The van der Waals surface area contributed by atoms with Gasteiger partial charge in [-0.25, -0.2) is 21.2 Å². The standard InChI is InChI=1S/C35H46FN3O9S2/c1-24-21-39(25(2)23-40)35(41)32-20-28(37-49(42,43)30-14-9-27(36)10-15-30)11-18-33(32)48-26(3)8-6-7-19-47-34(24)22-38(4)50(44,45)31-16-12-29(46-5)13-17-31/h9-18,20,24-26,34,37,40H,6-8,19,21-23H2,1-5H3/t24-,25-,26-,34+/m1/s1. The number of fused-ring (bicyclic) bond motifs is 1. The highest BCUT2D eigenvalue weighted by Crippen LogP contribution is 2.30. The molecular formula is C35H46FN3O9S2. The van der Waals surface area contributed by atoms with E-state index >= 15 is 0 Å². The third-order valence-corrected chi connectivity index (χ3v) is 11.9. The number of anilines is 1. The van der Waals surface area contributed by atoms with E-state index in [2.05, 4.69) is 4.72 Å². The molecule has 0 saturated heterocycles. The molecule has 0 radical (unpaired) electrons. The summed E-state index contributed by atoms with van der Waals surface area (Å²) >= 11 is 0. The van der Waals surface area contributed by atoms with Crippen LogP contribution in [-0.2, 0) is 24.8 Å². The van der Waals surface area contributed by atoms with Crippen LogP contribution >= 0.6 is 0 Å². The number of sulfonamides is 2.